The molecule has 0 aliphatic carbocycles. The average Bonchev–Trinajstić information content (AvgIpc) is 2.20. The third-order valence-corrected chi connectivity index (χ3v) is 2.41. The summed E-state index contributed by atoms with van der Waals surface area (Å²) in [7, 11) is 0. The molecule has 0 spiro atoms. The first kappa shape index (κ1) is 11.0. The standard InChI is InChI=1S/C12H20N2/c1-4-6-11(5-2)14-12-8-7-10(3)13-9-12/h7-9,11,14H,4-6H2,1-3H3. The lowest BCUT2D eigenvalue weighted by molar-refractivity contribution is 0.622. The predicted octanol–water partition coefficient (Wildman–Crippen LogP) is 3.38. The van der Waals surface area contributed by atoms with Crippen LogP contribution in [0.15, 0.2) is 18.3 Å². The summed E-state index contributed by atoms with van der Waals surface area (Å²) >= 11 is 0. The summed E-state index contributed by atoms with van der Waals surface area (Å²) < 4.78 is 0. The largest absolute Gasteiger partial charge is 0.381 e. The lowest BCUT2D eigenvalue weighted by Crippen LogP contribution is -2.17. The molecule has 0 saturated carbocycles. The number of rotatable bonds is 5. The van der Waals surface area contributed by atoms with Crippen molar-refractivity contribution in [3.8, 4) is 0 Å². The Balaban J connectivity index is 2.53. The molecule has 14 heavy (non-hydrogen) atoms. The Hall–Kier alpha value is -1.05. The highest BCUT2D eigenvalue weighted by Gasteiger charge is 2.03. The molecule has 1 atom stereocenters. The van der Waals surface area contributed by atoms with Gasteiger partial charge in [-0.05, 0) is 31.9 Å². The molecule has 0 amide bonds. The molecule has 0 fully saturated rings. The van der Waals surface area contributed by atoms with E-state index < -0.39 is 0 Å². The minimum absolute atomic E-state index is 0.588. The van der Waals surface area contributed by atoms with Gasteiger partial charge in [0.1, 0.15) is 0 Å². The molecular weight excluding hydrogens is 172 g/mol. The number of pyridine rings is 1. The second-order valence-electron chi connectivity index (χ2n) is 3.73. The van der Waals surface area contributed by atoms with Crippen LogP contribution in [0.3, 0.4) is 0 Å². The van der Waals surface area contributed by atoms with Crippen molar-refractivity contribution in [2.24, 2.45) is 0 Å². The molecule has 1 heterocycles. The van der Waals surface area contributed by atoms with Gasteiger partial charge in [0.2, 0.25) is 0 Å². The molecule has 1 rings (SSSR count). The van der Waals surface area contributed by atoms with Crippen molar-refractivity contribution in [1.29, 1.82) is 0 Å². The minimum atomic E-state index is 0.588. The molecule has 1 aromatic rings. The SMILES string of the molecule is CCCC(CC)Nc1ccc(C)nc1. The predicted molar refractivity (Wildman–Crippen MR) is 61.6 cm³/mol. The molecule has 2 nitrogen and oxygen atoms in total. The summed E-state index contributed by atoms with van der Waals surface area (Å²) in [5.41, 5.74) is 2.20. The van der Waals surface area contributed by atoms with Gasteiger partial charge < -0.3 is 5.32 Å². The van der Waals surface area contributed by atoms with Crippen LogP contribution in [0.1, 0.15) is 38.8 Å². The Labute approximate surface area is 86.8 Å². The molecule has 0 aliphatic heterocycles. The van der Waals surface area contributed by atoms with Crippen LogP contribution in [0.5, 0.6) is 0 Å². The fourth-order valence-corrected chi connectivity index (χ4v) is 1.52. The monoisotopic (exact) mass is 192 g/mol. The molecule has 0 aliphatic rings. The molecule has 1 unspecified atom stereocenters. The molecule has 0 radical (unpaired) electrons. The number of nitrogens with zero attached hydrogens (tertiary/aromatic N) is 1. The van der Waals surface area contributed by atoms with Gasteiger partial charge in [-0.25, -0.2) is 0 Å². The first-order valence-corrected chi connectivity index (χ1v) is 5.45. The molecule has 0 aromatic carbocycles. The lowest BCUT2D eigenvalue weighted by atomic mass is 10.1. The number of anilines is 1. The quantitative estimate of drug-likeness (QED) is 0.773. The zero-order chi connectivity index (χ0) is 10.4. The summed E-state index contributed by atoms with van der Waals surface area (Å²) in [6.07, 6.45) is 5.53. The maximum atomic E-state index is 4.26. The number of nitrogens with one attached hydrogen (secondary N) is 1. The van der Waals surface area contributed by atoms with E-state index in [9.17, 15) is 0 Å². The lowest BCUT2D eigenvalue weighted by Gasteiger charge is -2.17. The molecule has 78 valence electrons. The van der Waals surface area contributed by atoms with Crippen molar-refractivity contribution in [3.05, 3.63) is 24.0 Å². The average molecular weight is 192 g/mol. The van der Waals surface area contributed by atoms with Crippen LogP contribution in [-0.2, 0) is 0 Å². The van der Waals surface area contributed by atoms with E-state index >= 15 is 0 Å². The molecule has 1 N–H and O–H groups in total. The highest BCUT2D eigenvalue weighted by Crippen LogP contribution is 2.11. The second kappa shape index (κ2) is 5.63. The zero-order valence-corrected chi connectivity index (χ0v) is 9.38. The van der Waals surface area contributed by atoms with Crippen molar-refractivity contribution in [2.75, 3.05) is 5.32 Å². The van der Waals surface area contributed by atoms with E-state index in [0.29, 0.717) is 6.04 Å². The van der Waals surface area contributed by atoms with E-state index in [1.807, 2.05) is 19.2 Å². The number of aryl methyl sites for hydroxylation is 1. The van der Waals surface area contributed by atoms with Crippen LogP contribution in [0.2, 0.25) is 0 Å². The molecular formula is C12H20N2. The highest BCUT2D eigenvalue weighted by atomic mass is 14.9. The fourth-order valence-electron chi connectivity index (χ4n) is 1.52. The molecule has 0 saturated heterocycles. The van der Waals surface area contributed by atoms with Crippen LogP contribution in [0.25, 0.3) is 0 Å². The third-order valence-electron chi connectivity index (χ3n) is 2.41. The smallest absolute Gasteiger partial charge is 0.0529 e. The fraction of sp³-hybridized carbons (Fsp3) is 0.583. The van der Waals surface area contributed by atoms with Gasteiger partial charge >= 0.3 is 0 Å². The Morgan fingerprint density at radius 2 is 2.14 bits per heavy atom. The van der Waals surface area contributed by atoms with Crippen molar-refractivity contribution >= 4 is 5.69 Å². The van der Waals surface area contributed by atoms with Gasteiger partial charge in [0, 0.05) is 11.7 Å². The van der Waals surface area contributed by atoms with Gasteiger partial charge in [-0.1, -0.05) is 20.3 Å². The summed E-state index contributed by atoms with van der Waals surface area (Å²) in [6.45, 7) is 6.44. The van der Waals surface area contributed by atoms with E-state index in [0.717, 1.165) is 11.4 Å². The zero-order valence-electron chi connectivity index (χ0n) is 9.38. The van der Waals surface area contributed by atoms with Crippen LogP contribution in [0.4, 0.5) is 5.69 Å². The highest BCUT2D eigenvalue weighted by molar-refractivity contribution is 5.41. The first-order chi connectivity index (χ1) is 6.76. The van der Waals surface area contributed by atoms with Crippen molar-refractivity contribution < 1.29 is 0 Å². The van der Waals surface area contributed by atoms with Crippen LogP contribution in [0, 0.1) is 6.92 Å². The van der Waals surface area contributed by atoms with Crippen LogP contribution < -0.4 is 5.32 Å². The maximum absolute atomic E-state index is 4.26. The van der Waals surface area contributed by atoms with Crippen molar-refractivity contribution in [2.45, 2.75) is 46.1 Å². The summed E-state index contributed by atoms with van der Waals surface area (Å²) in [5, 5.41) is 3.49. The summed E-state index contributed by atoms with van der Waals surface area (Å²) in [4.78, 5) is 4.26. The van der Waals surface area contributed by atoms with Gasteiger partial charge in [0.05, 0.1) is 11.9 Å². The van der Waals surface area contributed by atoms with E-state index in [4.69, 9.17) is 0 Å². The van der Waals surface area contributed by atoms with E-state index in [-0.39, 0.29) is 0 Å². The summed E-state index contributed by atoms with van der Waals surface area (Å²) in [5.74, 6) is 0. The van der Waals surface area contributed by atoms with E-state index in [1.54, 1.807) is 0 Å². The maximum Gasteiger partial charge on any atom is 0.0529 e. The Morgan fingerprint density at radius 3 is 2.64 bits per heavy atom. The first-order valence-electron chi connectivity index (χ1n) is 5.45. The minimum Gasteiger partial charge on any atom is -0.381 e. The van der Waals surface area contributed by atoms with Gasteiger partial charge in [-0.2, -0.15) is 0 Å². The molecule has 1 aromatic heterocycles. The van der Waals surface area contributed by atoms with Crippen LogP contribution in [-0.4, -0.2) is 11.0 Å². The van der Waals surface area contributed by atoms with Crippen molar-refractivity contribution in [3.63, 3.8) is 0 Å². The van der Waals surface area contributed by atoms with E-state index in [2.05, 4.69) is 30.2 Å². The van der Waals surface area contributed by atoms with E-state index in [1.165, 1.54) is 19.3 Å². The number of aromatic nitrogens is 1. The Morgan fingerprint density at radius 1 is 1.36 bits per heavy atom. The second-order valence-corrected chi connectivity index (χ2v) is 3.73. The van der Waals surface area contributed by atoms with Gasteiger partial charge in [-0.15, -0.1) is 0 Å². The van der Waals surface area contributed by atoms with Crippen molar-refractivity contribution in [1.82, 2.24) is 4.98 Å². The van der Waals surface area contributed by atoms with Gasteiger partial charge in [0.25, 0.3) is 0 Å². The normalized spacial score (nSPS) is 12.5. The Kier molecular flexibility index (Phi) is 4.44. The number of hydrogen-bond donors (Lipinski definition) is 1. The third kappa shape index (κ3) is 3.36. The molecule has 2 heteroatoms. The molecule has 0 bridgehead atoms. The van der Waals surface area contributed by atoms with Gasteiger partial charge in [0.15, 0.2) is 0 Å². The van der Waals surface area contributed by atoms with Gasteiger partial charge in [-0.3, -0.25) is 4.98 Å². The number of hydrogen-bond acceptors (Lipinski definition) is 2. The van der Waals surface area contributed by atoms with Crippen LogP contribution >= 0.6 is 0 Å². The Bertz CT molecular complexity index is 254. The summed E-state index contributed by atoms with van der Waals surface area (Å²) in [6, 6.07) is 4.73. The topological polar surface area (TPSA) is 24.9 Å².